The minimum Gasteiger partial charge on any atom is -0.444 e. The van der Waals surface area contributed by atoms with Crippen LogP contribution < -0.4 is 10.6 Å². The van der Waals surface area contributed by atoms with Crippen LogP contribution in [0, 0.1) is 12.8 Å². The standard InChI is InChI=1S/C28H47N3O4/c1-11-14-21(7)29-25(32)24(22-16-13-15-19(5)17-22)31(18(3)4)26(33)23(20(6)12-2)30-27(34)35-28(8,9)10/h13,15-18,20-21,23-24H,11-12,14H2,1-10H3,(H,29,32)(H,30,34). The van der Waals surface area contributed by atoms with E-state index in [2.05, 4.69) is 17.6 Å². The molecule has 0 fully saturated rings. The van der Waals surface area contributed by atoms with Gasteiger partial charge < -0.3 is 20.3 Å². The number of alkyl carbamates (subject to hydrolysis) is 1. The Balaban J connectivity index is 3.48. The van der Waals surface area contributed by atoms with E-state index < -0.39 is 23.8 Å². The lowest BCUT2D eigenvalue weighted by molar-refractivity contribution is -0.145. The van der Waals surface area contributed by atoms with Crippen LogP contribution >= 0.6 is 0 Å². The third kappa shape index (κ3) is 9.54. The lowest BCUT2D eigenvalue weighted by Crippen LogP contribution is -2.57. The van der Waals surface area contributed by atoms with Gasteiger partial charge in [0.15, 0.2) is 0 Å². The summed E-state index contributed by atoms with van der Waals surface area (Å²) in [5, 5.41) is 5.89. The number of carbonyl (C=O) groups excluding carboxylic acids is 3. The van der Waals surface area contributed by atoms with Gasteiger partial charge in [-0.05, 0) is 66.4 Å². The zero-order valence-corrected chi connectivity index (χ0v) is 23.4. The highest BCUT2D eigenvalue weighted by Crippen LogP contribution is 2.27. The van der Waals surface area contributed by atoms with Crippen molar-refractivity contribution < 1.29 is 19.1 Å². The van der Waals surface area contributed by atoms with Crippen LogP contribution in [-0.2, 0) is 14.3 Å². The Labute approximate surface area is 212 Å². The van der Waals surface area contributed by atoms with Crippen molar-refractivity contribution >= 4 is 17.9 Å². The zero-order chi connectivity index (χ0) is 26.9. The van der Waals surface area contributed by atoms with Crippen LogP contribution in [-0.4, -0.2) is 46.5 Å². The van der Waals surface area contributed by atoms with Crippen LogP contribution in [0.4, 0.5) is 4.79 Å². The molecule has 0 bridgehead atoms. The van der Waals surface area contributed by atoms with E-state index in [9.17, 15) is 14.4 Å². The van der Waals surface area contributed by atoms with E-state index in [4.69, 9.17) is 4.74 Å². The smallest absolute Gasteiger partial charge is 0.408 e. The van der Waals surface area contributed by atoms with Crippen LogP contribution in [0.3, 0.4) is 0 Å². The molecule has 7 nitrogen and oxygen atoms in total. The van der Waals surface area contributed by atoms with Crippen molar-refractivity contribution in [1.29, 1.82) is 0 Å². The van der Waals surface area contributed by atoms with Crippen molar-refractivity contribution in [2.24, 2.45) is 5.92 Å². The highest BCUT2D eigenvalue weighted by Gasteiger charge is 2.39. The molecule has 1 rings (SSSR count). The van der Waals surface area contributed by atoms with Gasteiger partial charge in [0.05, 0.1) is 0 Å². The van der Waals surface area contributed by atoms with E-state index in [0.29, 0.717) is 6.42 Å². The molecule has 0 aliphatic rings. The maximum absolute atomic E-state index is 14.1. The molecule has 1 aromatic carbocycles. The molecule has 4 unspecified atom stereocenters. The predicted octanol–water partition coefficient (Wildman–Crippen LogP) is 5.52. The summed E-state index contributed by atoms with van der Waals surface area (Å²) in [6.45, 7) is 19.0. The summed E-state index contributed by atoms with van der Waals surface area (Å²) in [5.74, 6) is -0.680. The summed E-state index contributed by atoms with van der Waals surface area (Å²) in [5.41, 5.74) is 1.06. The summed E-state index contributed by atoms with van der Waals surface area (Å²) >= 11 is 0. The second-order valence-corrected chi connectivity index (χ2v) is 10.9. The first-order chi connectivity index (χ1) is 16.2. The lowest BCUT2D eigenvalue weighted by atomic mass is 9.94. The van der Waals surface area contributed by atoms with E-state index in [-0.39, 0.29) is 29.8 Å². The second kappa shape index (κ2) is 13.5. The van der Waals surface area contributed by atoms with E-state index in [1.165, 1.54) is 0 Å². The van der Waals surface area contributed by atoms with Gasteiger partial charge in [0, 0.05) is 12.1 Å². The summed E-state index contributed by atoms with van der Waals surface area (Å²) < 4.78 is 5.44. The van der Waals surface area contributed by atoms with Crippen LogP contribution in [0.2, 0.25) is 0 Å². The second-order valence-electron chi connectivity index (χ2n) is 10.9. The Morgan fingerprint density at radius 1 is 1.03 bits per heavy atom. The number of nitrogens with zero attached hydrogens (tertiary/aromatic N) is 1. The SMILES string of the molecule is CCCC(C)NC(=O)C(c1cccc(C)c1)N(C(=O)C(NC(=O)OC(C)(C)C)C(C)CC)C(C)C. The van der Waals surface area contributed by atoms with Crippen LogP contribution in [0.1, 0.15) is 98.7 Å². The van der Waals surface area contributed by atoms with Crippen molar-refractivity contribution in [3.63, 3.8) is 0 Å². The molecule has 4 atom stereocenters. The average molecular weight is 490 g/mol. The van der Waals surface area contributed by atoms with Gasteiger partial charge in [0.25, 0.3) is 0 Å². The Hall–Kier alpha value is -2.57. The van der Waals surface area contributed by atoms with Crippen molar-refractivity contribution in [3.8, 4) is 0 Å². The summed E-state index contributed by atoms with van der Waals surface area (Å²) in [6.07, 6.45) is 1.82. The monoisotopic (exact) mass is 489 g/mol. The first-order valence-electron chi connectivity index (χ1n) is 12.9. The number of carbonyl (C=O) groups is 3. The topological polar surface area (TPSA) is 87.7 Å². The van der Waals surface area contributed by atoms with Crippen molar-refractivity contribution in [1.82, 2.24) is 15.5 Å². The summed E-state index contributed by atoms with van der Waals surface area (Å²) in [4.78, 5) is 42.0. The molecule has 0 aliphatic carbocycles. The lowest BCUT2D eigenvalue weighted by Gasteiger charge is -2.39. The van der Waals surface area contributed by atoms with E-state index in [0.717, 1.165) is 24.0 Å². The normalized spacial score (nSPS) is 15.1. The number of nitrogens with one attached hydrogen (secondary N) is 2. The number of benzene rings is 1. The van der Waals surface area contributed by atoms with Gasteiger partial charge in [-0.2, -0.15) is 0 Å². The van der Waals surface area contributed by atoms with Gasteiger partial charge in [0.2, 0.25) is 11.8 Å². The van der Waals surface area contributed by atoms with Crippen LogP contribution in [0.5, 0.6) is 0 Å². The number of aryl methyl sites for hydroxylation is 1. The van der Waals surface area contributed by atoms with Crippen LogP contribution in [0.25, 0.3) is 0 Å². The predicted molar refractivity (Wildman–Crippen MR) is 141 cm³/mol. The Bertz CT molecular complexity index is 847. The molecule has 35 heavy (non-hydrogen) atoms. The largest absolute Gasteiger partial charge is 0.444 e. The quantitative estimate of drug-likeness (QED) is 0.429. The number of rotatable bonds is 11. The van der Waals surface area contributed by atoms with Crippen molar-refractivity contribution in [2.45, 2.75) is 118 Å². The van der Waals surface area contributed by atoms with E-state index in [1.54, 1.807) is 25.7 Å². The van der Waals surface area contributed by atoms with Gasteiger partial charge in [-0.25, -0.2) is 4.79 Å². The fourth-order valence-electron chi connectivity index (χ4n) is 4.06. The molecule has 2 N–H and O–H groups in total. The van der Waals surface area contributed by atoms with Crippen molar-refractivity contribution in [2.75, 3.05) is 0 Å². The highest BCUT2D eigenvalue weighted by atomic mass is 16.6. The summed E-state index contributed by atoms with van der Waals surface area (Å²) in [7, 11) is 0. The van der Waals surface area contributed by atoms with Gasteiger partial charge in [-0.1, -0.05) is 63.4 Å². The molecule has 3 amide bonds. The molecule has 7 heteroatoms. The molecule has 0 spiro atoms. The Kier molecular flexibility index (Phi) is 11.7. The molecular weight excluding hydrogens is 442 g/mol. The van der Waals surface area contributed by atoms with Gasteiger partial charge in [0.1, 0.15) is 17.7 Å². The maximum Gasteiger partial charge on any atom is 0.408 e. The molecule has 1 aromatic rings. The fourth-order valence-corrected chi connectivity index (χ4v) is 4.06. The Morgan fingerprint density at radius 2 is 1.66 bits per heavy atom. The number of ether oxygens (including phenoxy) is 1. The van der Waals surface area contributed by atoms with E-state index >= 15 is 0 Å². The molecule has 0 aromatic heterocycles. The minimum atomic E-state index is -0.828. The number of amides is 3. The maximum atomic E-state index is 14.1. The molecule has 0 aliphatic heterocycles. The highest BCUT2D eigenvalue weighted by molar-refractivity contribution is 5.92. The number of hydrogen-bond acceptors (Lipinski definition) is 4. The van der Waals surface area contributed by atoms with E-state index in [1.807, 2.05) is 65.8 Å². The van der Waals surface area contributed by atoms with Crippen molar-refractivity contribution in [3.05, 3.63) is 35.4 Å². The third-order valence-corrected chi connectivity index (χ3v) is 5.96. The average Bonchev–Trinajstić information content (AvgIpc) is 2.73. The molecule has 0 heterocycles. The van der Waals surface area contributed by atoms with Gasteiger partial charge in [-0.15, -0.1) is 0 Å². The first-order valence-corrected chi connectivity index (χ1v) is 12.9. The molecule has 0 radical (unpaired) electrons. The number of hydrogen-bond donors (Lipinski definition) is 2. The molecule has 198 valence electrons. The fraction of sp³-hybridized carbons (Fsp3) is 0.679. The molecule has 0 saturated heterocycles. The Morgan fingerprint density at radius 3 is 2.14 bits per heavy atom. The third-order valence-electron chi connectivity index (χ3n) is 5.96. The zero-order valence-electron chi connectivity index (χ0n) is 23.4. The van der Waals surface area contributed by atoms with Gasteiger partial charge >= 0.3 is 6.09 Å². The van der Waals surface area contributed by atoms with Crippen LogP contribution in [0.15, 0.2) is 24.3 Å². The van der Waals surface area contributed by atoms with Gasteiger partial charge in [-0.3, -0.25) is 9.59 Å². The molecular formula is C28H47N3O4. The first kappa shape index (κ1) is 30.5. The minimum absolute atomic E-state index is 0.0193. The molecule has 0 saturated carbocycles. The summed E-state index contributed by atoms with van der Waals surface area (Å²) in [6, 6.07) is 5.72.